The van der Waals surface area contributed by atoms with E-state index in [1.807, 2.05) is 31.2 Å². The average Bonchev–Trinajstić information content (AvgIpc) is 2.69. The Hall–Kier alpha value is -2.99. The van der Waals surface area contributed by atoms with E-state index in [1.54, 1.807) is 12.1 Å². The summed E-state index contributed by atoms with van der Waals surface area (Å²) in [4.78, 5) is 21.9. The van der Waals surface area contributed by atoms with Gasteiger partial charge in [-0.25, -0.2) is 4.39 Å². The van der Waals surface area contributed by atoms with E-state index in [0.717, 1.165) is 37.6 Å². The van der Waals surface area contributed by atoms with Gasteiger partial charge in [0.05, 0.1) is 11.1 Å². The lowest BCUT2D eigenvalue weighted by atomic mass is 10.1. The van der Waals surface area contributed by atoms with Gasteiger partial charge in [0, 0.05) is 48.6 Å². The fourth-order valence-corrected chi connectivity index (χ4v) is 3.54. The van der Waals surface area contributed by atoms with Crippen molar-refractivity contribution in [1.29, 1.82) is 0 Å². The quantitative estimate of drug-likeness (QED) is 0.755. The molecule has 4 rings (SSSR count). The molecule has 0 atom stereocenters. The normalized spacial score (nSPS) is 15.0. The summed E-state index contributed by atoms with van der Waals surface area (Å²) in [5.74, 6) is -0.655. The van der Waals surface area contributed by atoms with Crippen molar-refractivity contribution in [3.8, 4) is 0 Å². The average molecular weight is 378 g/mol. The largest absolute Gasteiger partial charge is 0.369 e. The van der Waals surface area contributed by atoms with Gasteiger partial charge in [-0.2, -0.15) is 0 Å². The molecule has 1 aliphatic rings. The third-order valence-electron chi connectivity index (χ3n) is 5.14. The van der Waals surface area contributed by atoms with Gasteiger partial charge in [0.1, 0.15) is 5.82 Å². The molecule has 1 saturated heterocycles. The maximum absolute atomic E-state index is 13.7. The Morgan fingerprint density at radius 2 is 1.75 bits per heavy atom. The number of nitrogens with zero attached hydrogens (tertiary/aromatic N) is 3. The monoisotopic (exact) mass is 378 g/mol. The summed E-state index contributed by atoms with van der Waals surface area (Å²) in [6, 6.07) is 13.9. The standard InChI is InChI=1S/C22H23FN4O/c1-15-13-20(19-14-16(23)3-8-21(19)24-15)22(28)25-17-4-6-18(7-5-17)27-11-9-26(2)10-12-27/h3-8,13-14H,9-12H2,1-2H3,(H,25,28). The summed E-state index contributed by atoms with van der Waals surface area (Å²) in [7, 11) is 2.13. The van der Waals surface area contributed by atoms with Crippen LogP contribution < -0.4 is 10.2 Å². The maximum atomic E-state index is 13.7. The molecule has 1 aliphatic heterocycles. The molecule has 5 nitrogen and oxygen atoms in total. The Morgan fingerprint density at radius 1 is 1.04 bits per heavy atom. The van der Waals surface area contributed by atoms with E-state index in [-0.39, 0.29) is 11.7 Å². The second-order valence-corrected chi connectivity index (χ2v) is 7.26. The molecule has 1 fully saturated rings. The van der Waals surface area contributed by atoms with E-state index in [2.05, 4.69) is 27.1 Å². The van der Waals surface area contributed by atoms with Crippen LogP contribution in [0.3, 0.4) is 0 Å². The third-order valence-corrected chi connectivity index (χ3v) is 5.14. The van der Waals surface area contributed by atoms with Crippen LogP contribution in [0.4, 0.5) is 15.8 Å². The zero-order chi connectivity index (χ0) is 19.7. The van der Waals surface area contributed by atoms with Crippen molar-refractivity contribution in [3.05, 3.63) is 65.6 Å². The van der Waals surface area contributed by atoms with E-state index in [1.165, 1.54) is 12.1 Å². The molecule has 1 aromatic heterocycles. The Kier molecular flexibility index (Phi) is 4.96. The number of anilines is 2. The number of carbonyl (C=O) groups is 1. The summed E-state index contributed by atoms with van der Waals surface area (Å²) < 4.78 is 13.7. The molecule has 0 unspecified atom stereocenters. The second kappa shape index (κ2) is 7.56. The lowest BCUT2D eigenvalue weighted by Crippen LogP contribution is -2.44. The molecule has 3 aromatic rings. The molecule has 28 heavy (non-hydrogen) atoms. The summed E-state index contributed by atoms with van der Waals surface area (Å²) in [5.41, 5.74) is 3.61. The Morgan fingerprint density at radius 3 is 2.46 bits per heavy atom. The molecular weight excluding hydrogens is 355 g/mol. The number of hydrogen-bond acceptors (Lipinski definition) is 4. The molecule has 0 saturated carbocycles. The van der Waals surface area contributed by atoms with Crippen LogP contribution in [0.2, 0.25) is 0 Å². The van der Waals surface area contributed by atoms with E-state index in [0.29, 0.717) is 22.2 Å². The molecule has 2 heterocycles. The smallest absolute Gasteiger partial charge is 0.256 e. The van der Waals surface area contributed by atoms with Crippen LogP contribution in [-0.2, 0) is 0 Å². The summed E-state index contributed by atoms with van der Waals surface area (Å²) >= 11 is 0. The number of aryl methyl sites for hydroxylation is 1. The van der Waals surface area contributed by atoms with Crippen molar-refractivity contribution in [3.63, 3.8) is 0 Å². The number of amides is 1. The highest BCUT2D eigenvalue weighted by Gasteiger charge is 2.15. The molecule has 1 amide bonds. The SMILES string of the molecule is Cc1cc(C(=O)Nc2ccc(N3CCN(C)CC3)cc2)c2cc(F)ccc2n1. The first-order chi connectivity index (χ1) is 13.5. The van der Waals surface area contributed by atoms with Crippen LogP contribution in [0, 0.1) is 12.7 Å². The van der Waals surface area contributed by atoms with E-state index < -0.39 is 0 Å². The number of rotatable bonds is 3. The summed E-state index contributed by atoms with van der Waals surface area (Å²) in [6.45, 7) is 5.91. The van der Waals surface area contributed by atoms with Crippen LogP contribution in [0.15, 0.2) is 48.5 Å². The van der Waals surface area contributed by atoms with Crippen LogP contribution in [0.5, 0.6) is 0 Å². The van der Waals surface area contributed by atoms with Crippen molar-refractivity contribution in [2.45, 2.75) is 6.92 Å². The molecule has 0 aliphatic carbocycles. The predicted octanol–water partition coefficient (Wildman–Crippen LogP) is 3.69. The second-order valence-electron chi connectivity index (χ2n) is 7.26. The third kappa shape index (κ3) is 3.82. The fraction of sp³-hybridized carbons (Fsp3) is 0.273. The zero-order valence-electron chi connectivity index (χ0n) is 16.1. The van der Waals surface area contributed by atoms with Crippen LogP contribution in [0.1, 0.15) is 16.1 Å². The van der Waals surface area contributed by atoms with Crippen molar-refractivity contribution in [2.75, 3.05) is 43.4 Å². The summed E-state index contributed by atoms with van der Waals surface area (Å²) in [5, 5.41) is 3.43. The van der Waals surface area contributed by atoms with Gasteiger partial charge in [0.2, 0.25) is 0 Å². The van der Waals surface area contributed by atoms with Crippen LogP contribution in [-0.4, -0.2) is 49.0 Å². The highest BCUT2D eigenvalue weighted by molar-refractivity contribution is 6.12. The molecular formula is C22H23FN4O. The minimum Gasteiger partial charge on any atom is -0.369 e. The molecule has 0 spiro atoms. The van der Waals surface area contributed by atoms with Gasteiger partial charge in [-0.05, 0) is 62.5 Å². The number of likely N-dealkylation sites (N-methyl/N-ethyl adjacent to an activating group) is 1. The van der Waals surface area contributed by atoms with Crippen molar-refractivity contribution >= 4 is 28.2 Å². The van der Waals surface area contributed by atoms with Gasteiger partial charge in [0.25, 0.3) is 5.91 Å². The molecule has 1 N–H and O–H groups in total. The van der Waals surface area contributed by atoms with Crippen LogP contribution >= 0.6 is 0 Å². The van der Waals surface area contributed by atoms with E-state index >= 15 is 0 Å². The first-order valence-electron chi connectivity index (χ1n) is 9.41. The Labute approximate surface area is 163 Å². The number of pyridine rings is 1. The highest BCUT2D eigenvalue weighted by Crippen LogP contribution is 2.23. The number of piperazine rings is 1. The van der Waals surface area contributed by atoms with Crippen molar-refractivity contribution in [2.24, 2.45) is 0 Å². The molecule has 6 heteroatoms. The number of aromatic nitrogens is 1. The van der Waals surface area contributed by atoms with Crippen molar-refractivity contribution < 1.29 is 9.18 Å². The molecule has 144 valence electrons. The number of carbonyl (C=O) groups excluding carboxylic acids is 1. The number of benzene rings is 2. The van der Waals surface area contributed by atoms with Gasteiger partial charge in [0.15, 0.2) is 0 Å². The van der Waals surface area contributed by atoms with Crippen LogP contribution in [0.25, 0.3) is 10.9 Å². The first kappa shape index (κ1) is 18.4. The molecule has 0 radical (unpaired) electrons. The number of nitrogens with one attached hydrogen (secondary N) is 1. The maximum Gasteiger partial charge on any atom is 0.256 e. The topological polar surface area (TPSA) is 48.5 Å². The van der Waals surface area contributed by atoms with Gasteiger partial charge >= 0.3 is 0 Å². The minimum atomic E-state index is -0.385. The zero-order valence-corrected chi connectivity index (χ0v) is 16.1. The van der Waals surface area contributed by atoms with Gasteiger partial charge < -0.3 is 15.1 Å². The fourth-order valence-electron chi connectivity index (χ4n) is 3.54. The predicted molar refractivity (Wildman–Crippen MR) is 111 cm³/mol. The van der Waals surface area contributed by atoms with E-state index in [4.69, 9.17) is 0 Å². The highest BCUT2D eigenvalue weighted by atomic mass is 19.1. The van der Waals surface area contributed by atoms with E-state index in [9.17, 15) is 9.18 Å². The van der Waals surface area contributed by atoms with Crippen molar-refractivity contribution in [1.82, 2.24) is 9.88 Å². The number of fused-ring (bicyclic) bond motifs is 1. The Balaban J connectivity index is 1.54. The lowest BCUT2D eigenvalue weighted by Gasteiger charge is -2.34. The van der Waals surface area contributed by atoms with Gasteiger partial charge in [-0.3, -0.25) is 9.78 Å². The number of hydrogen-bond donors (Lipinski definition) is 1. The Bertz CT molecular complexity index is 1010. The summed E-state index contributed by atoms with van der Waals surface area (Å²) in [6.07, 6.45) is 0. The molecule has 2 aromatic carbocycles. The lowest BCUT2D eigenvalue weighted by molar-refractivity contribution is 0.102. The van der Waals surface area contributed by atoms with Gasteiger partial charge in [-0.1, -0.05) is 0 Å². The first-order valence-corrected chi connectivity index (χ1v) is 9.41. The number of halogens is 1. The van der Waals surface area contributed by atoms with Gasteiger partial charge in [-0.15, -0.1) is 0 Å². The molecule has 0 bridgehead atoms. The minimum absolute atomic E-state index is 0.270.